The molecule has 2 amide bonds. The molecule has 1 fully saturated rings. The van der Waals surface area contributed by atoms with Gasteiger partial charge in [0.1, 0.15) is 0 Å². The smallest absolute Gasteiger partial charge is 0.323 e. The Morgan fingerprint density at radius 1 is 0.960 bits per heavy atom. The van der Waals surface area contributed by atoms with E-state index in [1.807, 2.05) is 48.5 Å². The molecule has 1 heterocycles. The third-order valence-corrected chi connectivity index (χ3v) is 4.34. The zero-order valence-electron chi connectivity index (χ0n) is 14.8. The predicted molar refractivity (Wildman–Crippen MR) is 103 cm³/mol. The van der Waals surface area contributed by atoms with Crippen molar-refractivity contribution in [3.63, 3.8) is 0 Å². The number of morpholine rings is 1. The van der Waals surface area contributed by atoms with Gasteiger partial charge in [-0.2, -0.15) is 0 Å². The zero-order valence-corrected chi connectivity index (χ0v) is 14.8. The minimum absolute atomic E-state index is 0.228. The standard InChI is InChI=1S/C20H25N3O2/c1-15(2)16-7-3-4-8-17(16)21-20(24)22-18-9-5-6-10-19(18)23-11-13-25-14-12-23/h3-10,15H,11-14H2,1-2H3,(H2,21,22,24). The number of hydrogen-bond acceptors (Lipinski definition) is 3. The van der Waals surface area contributed by atoms with E-state index in [-0.39, 0.29) is 6.03 Å². The summed E-state index contributed by atoms with van der Waals surface area (Å²) >= 11 is 0. The molecule has 132 valence electrons. The number of benzene rings is 2. The molecule has 0 radical (unpaired) electrons. The molecule has 0 unspecified atom stereocenters. The SMILES string of the molecule is CC(C)c1ccccc1NC(=O)Nc1ccccc1N1CCOCC1. The van der Waals surface area contributed by atoms with Gasteiger partial charge in [0.05, 0.1) is 24.6 Å². The maximum absolute atomic E-state index is 12.5. The van der Waals surface area contributed by atoms with Crippen molar-refractivity contribution in [2.45, 2.75) is 19.8 Å². The number of rotatable bonds is 4. The van der Waals surface area contributed by atoms with Crippen molar-refractivity contribution in [3.8, 4) is 0 Å². The van der Waals surface area contributed by atoms with Gasteiger partial charge in [-0.3, -0.25) is 0 Å². The molecule has 25 heavy (non-hydrogen) atoms. The first-order valence-corrected chi connectivity index (χ1v) is 8.74. The van der Waals surface area contributed by atoms with Crippen molar-refractivity contribution in [3.05, 3.63) is 54.1 Å². The van der Waals surface area contributed by atoms with Gasteiger partial charge in [-0.1, -0.05) is 44.2 Å². The Morgan fingerprint density at radius 2 is 1.56 bits per heavy atom. The number of nitrogens with zero attached hydrogens (tertiary/aromatic N) is 1. The maximum atomic E-state index is 12.5. The quantitative estimate of drug-likeness (QED) is 0.874. The predicted octanol–water partition coefficient (Wildman–Crippen LogP) is 4.29. The van der Waals surface area contributed by atoms with Crippen LogP contribution < -0.4 is 15.5 Å². The number of carbonyl (C=O) groups excluding carboxylic acids is 1. The molecule has 0 saturated carbocycles. The molecule has 5 nitrogen and oxygen atoms in total. The fourth-order valence-electron chi connectivity index (χ4n) is 3.05. The first kappa shape index (κ1) is 17.3. The summed E-state index contributed by atoms with van der Waals surface area (Å²) < 4.78 is 5.42. The summed E-state index contributed by atoms with van der Waals surface area (Å²) in [4.78, 5) is 14.8. The van der Waals surface area contributed by atoms with Crippen molar-refractivity contribution >= 4 is 23.1 Å². The molecule has 5 heteroatoms. The lowest BCUT2D eigenvalue weighted by Gasteiger charge is -2.30. The summed E-state index contributed by atoms with van der Waals surface area (Å²) in [7, 11) is 0. The molecule has 2 N–H and O–H groups in total. The van der Waals surface area contributed by atoms with Crippen molar-refractivity contribution in [2.24, 2.45) is 0 Å². The number of para-hydroxylation sites is 3. The molecule has 3 rings (SSSR count). The van der Waals surface area contributed by atoms with Crippen molar-refractivity contribution < 1.29 is 9.53 Å². The van der Waals surface area contributed by atoms with Gasteiger partial charge in [0.25, 0.3) is 0 Å². The highest BCUT2D eigenvalue weighted by molar-refractivity contribution is 6.02. The summed E-state index contributed by atoms with van der Waals surface area (Å²) in [6.45, 7) is 7.32. The highest BCUT2D eigenvalue weighted by atomic mass is 16.5. The second-order valence-corrected chi connectivity index (χ2v) is 6.44. The Bertz CT molecular complexity index is 724. The fourth-order valence-corrected chi connectivity index (χ4v) is 3.05. The number of nitrogens with one attached hydrogen (secondary N) is 2. The zero-order chi connectivity index (χ0) is 17.6. The Kier molecular flexibility index (Phi) is 5.56. The van der Waals surface area contributed by atoms with Crippen molar-refractivity contribution in [1.82, 2.24) is 0 Å². The monoisotopic (exact) mass is 339 g/mol. The molecule has 0 atom stereocenters. The van der Waals surface area contributed by atoms with Gasteiger partial charge < -0.3 is 20.3 Å². The molecule has 0 bridgehead atoms. The van der Waals surface area contributed by atoms with Crippen LogP contribution in [0.3, 0.4) is 0 Å². The van der Waals surface area contributed by atoms with Crippen LogP contribution in [0.5, 0.6) is 0 Å². The Labute approximate surface area is 149 Å². The molecule has 1 saturated heterocycles. The van der Waals surface area contributed by atoms with Gasteiger partial charge in [0.2, 0.25) is 0 Å². The highest BCUT2D eigenvalue weighted by Crippen LogP contribution is 2.27. The number of urea groups is 1. The largest absolute Gasteiger partial charge is 0.378 e. The van der Waals surface area contributed by atoms with E-state index >= 15 is 0 Å². The molecule has 0 aliphatic carbocycles. The Hall–Kier alpha value is -2.53. The average molecular weight is 339 g/mol. The first-order chi connectivity index (χ1) is 12.1. The van der Waals surface area contributed by atoms with Gasteiger partial charge >= 0.3 is 6.03 Å². The summed E-state index contributed by atoms with van der Waals surface area (Å²) in [5, 5.41) is 5.97. The minimum atomic E-state index is -0.228. The number of amides is 2. The van der Waals surface area contributed by atoms with Gasteiger partial charge in [0, 0.05) is 18.8 Å². The summed E-state index contributed by atoms with van der Waals surface area (Å²) in [6.07, 6.45) is 0. The van der Waals surface area contributed by atoms with Crippen LogP contribution in [0.1, 0.15) is 25.3 Å². The van der Waals surface area contributed by atoms with Crippen LogP contribution >= 0.6 is 0 Å². The van der Waals surface area contributed by atoms with Crippen molar-refractivity contribution in [1.29, 1.82) is 0 Å². The van der Waals surface area contributed by atoms with Gasteiger partial charge in [-0.25, -0.2) is 4.79 Å². The molecule has 1 aliphatic rings. The second-order valence-electron chi connectivity index (χ2n) is 6.44. The van der Waals surface area contributed by atoms with Gasteiger partial charge in [0.15, 0.2) is 0 Å². The van der Waals surface area contributed by atoms with E-state index in [4.69, 9.17) is 4.74 Å². The number of carbonyl (C=O) groups is 1. The minimum Gasteiger partial charge on any atom is -0.378 e. The van der Waals surface area contributed by atoms with Gasteiger partial charge in [-0.15, -0.1) is 0 Å². The van der Waals surface area contributed by atoms with Crippen LogP contribution in [0.15, 0.2) is 48.5 Å². The molecule has 1 aliphatic heterocycles. The first-order valence-electron chi connectivity index (χ1n) is 8.74. The summed E-state index contributed by atoms with van der Waals surface area (Å²) in [5.41, 5.74) is 3.81. The number of ether oxygens (including phenoxy) is 1. The molecular weight excluding hydrogens is 314 g/mol. The van der Waals surface area contributed by atoms with Crippen molar-refractivity contribution in [2.75, 3.05) is 41.8 Å². The molecule has 2 aromatic carbocycles. The lowest BCUT2D eigenvalue weighted by molar-refractivity contribution is 0.123. The number of anilines is 3. The van der Waals surface area contributed by atoms with Gasteiger partial charge in [-0.05, 0) is 29.7 Å². The lowest BCUT2D eigenvalue weighted by atomic mass is 10.0. The van der Waals surface area contributed by atoms with E-state index in [0.717, 1.165) is 35.7 Å². The lowest BCUT2D eigenvalue weighted by Crippen LogP contribution is -2.37. The number of hydrogen-bond donors (Lipinski definition) is 2. The highest BCUT2D eigenvalue weighted by Gasteiger charge is 2.16. The summed E-state index contributed by atoms with van der Waals surface area (Å²) in [6, 6.07) is 15.6. The Balaban J connectivity index is 1.74. The molecule has 2 aromatic rings. The Morgan fingerprint density at radius 3 is 2.28 bits per heavy atom. The van der Waals surface area contributed by atoms with Crippen LogP contribution in [0.25, 0.3) is 0 Å². The summed E-state index contributed by atoms with van der Waals surface area (Å²) in [5.74, 6) is 0.345. The van der Waals surface area contributed by atoms with Crippen LogP contribution in [0, 0.1) is 0 Å². The van der Waals surface area contributed by atoms with Crippen LogP contribution in [0.2, 0.25) is 0 Å². The van der Waals surface area contributed by atoms with Crippen LogP contribution in [0.4, 0.5) is 21.9 Å². The third-order valence-electron chi connectivity index (χ3n) is 4.34. The topological polar surface area (TPSA) is 53.6 Å². The molecular formula is C20H25N3O2. The maximum Gasteiger partial charge on any atom is 0.323 e. The fraction of sp³-hybridized carbons (Fsp3) is 0.350. The van der Waals surface area contributed by atoms with E-state index in [1.54, 1.807) is 0 Å². The normalized spacial score (nSPS) is 14.4. The van der Waals surface area contributed by atoms with E-state index < -0.39 is 0 Å². The van der Waals surface area contributed by atoms with Crippen LogP contribution in [-0.2, 0) is 4.74 Å². The average Bonchev–Trinajstić information content (AvgIpc) is 2.63. The molecule has 0 aromatic heterocycles. The third kappa shape index (κ3) is 4.31. The molecule has 0 spiro atoms. The second kappa shape index (κ2) is 8.03. The van der Waals surface area contributed by atoms with E-state index in [2.05, 4.69) is 29.4 Å². The van der Waals surface area contributed by atoms with E-state index in [1.165, 1.54) is 0 Å². The van der Waals surface area contributed by atoms with Crippen LogP contribution in [-0.4, -0.2) is 32.3 Å². The van der Waals surface area contributed by atoms with E-state index in [0.29, 0.717) is 19.1 Å². The van der Waals surface area contributed by atoms with E-state index in [9.17, 15) is 4.79 Å².